The maximum absolute atomic E-state index is 13.9. The molecule has 0 N–H and O–H groups in total. The predicted molar refractivity (Wildman–Crippen MR) is 119 cm³/mol. The average Bonchev–Trinajstić information content (AvgIpc) is 3.39. The van der Waals surface area contributed by atoms with E-state index in [0.29, 0.717) is 38.2 Å². The Bertz CT molecular complexity index is 1240. The first-order chi connectivity index (χ1) is 16.5. The molecule has 2 aliphatic heterocycles. The number of carbonyl (C=O) groups excluding carboxylic acids is 1. The number of tetrazole rings is 1. The van der Waals surface area contributed by atoms with Crippen molar-refractivity contribution in [1.82, 2.24) is 30.0 Å². The molecule has 2 atom stereocenters. The summed E-state index contributed by atoms with van der Waals surface area (Å²) >= 11 is 0. The second-order valence-corrected chi connectivity index (χ2v) is 8.66. The predicted octanol–water partition coefficient (Wildman–Crippen LogP) is 1.81. The molecule has 0 aliphatic carbocycles. The molecule has 1 aromatic heterocycles. The number of hydrogen-bond donors (Lipinski definition) is 0. The van der Waals surface area contributed by atoms with Gasteiger partial charge in [0.1, 0.15) is 18.2 Å². The molecule has 5 rings (SSSR count). The molecule has 3 aromatic rings. The highest BCUT2D eigenvalue weighted by molar-refractivity contribution is 5.79. The van der Waals surface area contributed by atoms with E-state index in [9.17, 15) is 14.4 Å². The van der Waals surface area contributed by atoms with E-state index in [4.69, 9.17) is 4.74 Å². The SMILES string of the molecule is Cc1c([C@@H]2CN3CCN(C(=O)Cc4cccc(-n5cnnn5)c4)C[C@H]3CO2)ccc(F)c1C#N. The first-order valence-corrected chi connectivity index (χ1v) is 11.2. The molecule has 0 bridgehead atoms. The molecule has 9 nitrogen and oxygen atoms in total. The maximum atomic E-state index is 13.9. The van der Waals surface area contributed by atoms with Gasteiger partial charge in [0, 0.05) is 26.2 Å². The number of carbonyl (C=O) groups is 1. The van der Waals surface area contributed by atoms with Crippen molar-refractivity contribution >= 4 is 5.91 Å². The zero-order chi connectivity index (χ0) is 23.7. The molecule has 174 valence electrons. The lowest BCUT2D eigenvalue weighted by Crippen LogP contribution is -2.59. The van der Waals surface area contributed by atoms with Gasteiger partial charge in [-0.2, -0.15) is 5.26 Å². The molecule has 2 aliphatic rings. The standard InChI is InChI=1S/C24H24FN7O2/c1-16-20(5-6-22(25)21(16)11-26)23-13-30-7-8-31(12-19(30)14-34-23)24(33)10-17-3-2-4-18(9-17)32-15-27-28-29-32/h2-6,9,15,19,23H,7-8,10,12-14H2,1H3/t19-,23-/m0/s1. The van der Waals surface area contributed by atoms with Gasteiger partial charge in [0.2, 0.25) is 5.91 Å². The van der Waals surface area contributed by atoms with Crippen LogP contribution in [-0.2, 0) is 16.0 Å². The van der Waals surface area contributed by atoms with E-state index in [-0.39, 0.29) is 23.6 Å². The zero-order valence-corrected chi connectivity index (χ0v) is 18.8. The molecule has 2 fully saturated rings. The third-order valence-corrected chi connectivity index (χ3v) is 6.64. The highest BCUT2D eigenvalue weighted by Crippen LogP contribution is 2.31. The number of nitrogens with zero attached hydrogens (tertiary/aromatic N) is 7. The van der Waals surface area contributed by atoms with Gasteiger partial charge < -0.3 is 9.64 Å². The number of benzene rings is 2. The molecule has 2 aromatic carbocycles. The minimum Gasteiger partial charge on any atom is -0.370 e. The van der Waals surface area contributed by atoms with Gasteiger partial charge >= 0.3 is 0 Å². The van der Waals surface area contributed by atoms with E-state index in [1.165, 1.54) is 12.4 Å². The average molecular weight is 462 g/mol. The van der Waals surface area contributed by atoms with E-state index in [1.807, 2.05) is 35.2 Å². The fourth-order valence-corrected chi connectivity index (χ4v) is 4.75. The first-order valence-electron chi connectivity index (χ1n) is 11.2. The number of fused-ring (bicyclic) bond motifs is 1. The minimum atomic E-state index is -0.506. The fraction of sp³-hybridized carbons (Fsp3) is 0.375. The smallest absolute Gasteiger partial charge is 0.227 e. The van der Waals surface area contributed by atoms with Crippen molar-refractivity contribution in [2.45, 2.75) is 25.5 Å². The first kappa shape index (κ1) is 22.1. The summed E-state index contributed by atoms with van der Waals surface area (Å²) in [5, 5.41) is 20.5. The third-order valence-electron chi connectivity index (χ3n) is 6.64. The monoisotopic (exact) mass is 461 g/mol. The highest BCUT2D eigenvalue weighted by atomic mass is 19.1. The van der Waals surface area contributed by atoms with Gasteiger partial charge in [-0.3, -0.25) is 9.69 Å². The number of hydrogen-bond acceptors (Lipinski definition) is 7. The van der Waals surface area contributed by atoms with Gasteiger partial charge in [0.25, 0.3) is 0 Å². The summed E-state index contributed by atoms with van der Waals surface area (Å²) in [5.74, 6) is -0.434. The van der Waals surface area contributed by atoms with Crippen LogP contribution in [0, 0.1) is 24.1 Å². The Morgan fingerprint density at radius 1 is 1.26 bits per heavy atom. The Labute approximate surface area is 196 Å². The molecule has 0 spiro atoms. The number of rotatable bonds is 4. The van der Waals surface area contributed by atoms with Crippen LogP contribution in [-0.4, -0.2) is 74.7 Å². The molecule has 34 heavy (non-hydrogen) atoms. The largest absolute Gasteiger partial charge is 0.370 e. The summed E-state index contributed by atoms with van der Waals surface area (Å²) in [7, 11) is 0. The Kier molecular flexibility index (Phi) is 6.04. The van der Waals surface area contributed by atoms with E-state index in [1.54, 1.807) is 17.7 Å². The summed E-state index contributed by atoms with van der Waals surface area (Å²) < 4.78 is 21.6. The summed E-state index contributed by atoms with van der Waals surface area (Å²) in [6.45, 7) is 4.87. The van der Waals surface area contributed by atoms with Gasteiger partial charge in [-0.05, 0) is 52.2 Å². The van der Waals surface area contributed by atoms with Gasteiger partial charge in [0.05, 0.1) is 36.4 Å². The number of ether oxygens (including phenoxy) is 1. The molecule has 0 saturated carbocycles. The van der Waals surface area contributed by atoms with E-state index >= 15 is 0 Å². The molecule has 0 unspecified atom stereocenters. The maximum Gasteiger partial charge on any atom is 0.227 e. The van der Waals surface area contributed by atoms with Crippen molar-refractivity contribution in [3.05, 3.63) is 70.8 Å². The van der Waals surface area contributed by atoms with Gasteiger partial charge in [-0.25, -0.2) is 9.07 Å². The lowest BCUT2D eigenvalue weighted by atomic mass is 9.96. The Morgan fingerprint density at radius 2 is 2.15 bits per heavy atom. The fourth-order valence-electron chi connectivity index (χ4n) is 4.75. The molecule has 10 heteroatoms. The number of aromatic nitrogens is 4. The van der Waals surface area contributed by atoms with Crippen molar-refractivity contribution in [3.63, 3.8) is 0 Å². The van der Waals surface area contributed by atoms with Crippen LogP contribution >= 0.6 is 0 Å². The van der Waals surface area contributed by atoms with Crippen molar-refractivity contribution in [2.24, 2.45) is 0 Å². The molecule has 0 radical (unpaired) electrons. The summed E-state index contributed by atoms with van der Waals surface area (Å²) in [6, 6.07) is 12.7. The van der Waals surface area contributed by atoms with Gasteiger partial charge in [-0.1, -0.05) is 18.2 Å². The van der Waals surface area contributed by atoms with Crippen LogP contribution in [0.4, 0.5) is 4.39 Å². The van der Waals surface area contributed by atoms with E-state index < -0.39 is 5.82 Å². The van der Waals surface area contributed by atoms with Crippen molar-refractivity contribution in [2.75, 3.05) is 32.8 Å². The number of morpholine rings is 1. The molecular formula is C24H24FN7O2. The lowest BCUT2D eigenvalue weighted by Gasteiger charge is -2.46. The van der Waals surface area contributed by atoms with Crippen LogP contribution in [0.15, 0.2) is 42.7 Å². The minimum absolute atomic E-state index is 0.0720. The lowest BCUT2D eigenvalue weighted by molar-refractivity contribution is -0.139. The van der Waals surface area contributed by atoms with Gasteiger partial charge in [0.15, 0.2) is 0 Å². The molecule has 3 heterocycles. The third kappa shape index (κ3) is 4.27. The van der Waals surface area contributed by atoms with Crippen molar-refractivity contribution in [3.8, 4) is 11.8 Å². The molecule has 2 saturated heterocycles. The van der Waals surface area contributed by atoms with Gasteiger partial charge in [-0.15, -0.1) is 5.10 Å². The van der Waals surface area contributed by atoms with Crippen LogP contribution in [0.2, 0.25) is 0 Å². The summed E-state index contributed by atoms with van der Waals surface area (Å²) in [6.07, 6.45) is 1.60. The summed E-state index contributed by atoms with van der Waals surface area (Å²) in [5.41, 5.74) is 3.26. The topological polar surface area (TPSA) is 100 Å². The normalized spacial score (nSPS) is 20.6. The van der Waals surface area contributed by atoms with Crippen LogP contribution < -0.4 is 0 Å². The van der Waals surface area contributed by atoms with Crippen LogP contribution in [0.1, 0.15) is 28.4 Å². The second kappa shape index (κ2) is 9.29. The van der Waals surface area contributed by atoms with Crippen molar-refractivity contribution < 1.29 is 13.9 Å². The second-order valence-electron chi connectivity index (χ2n) is 8.66. The van der Waals surface area contributed by atoms with Crippen LogP contribution in [0.3, 0.4) is 0 Å². The van der Waals surface area contributed by atoms with E-state index in [0.717, 1.165) is 23.4 Å². The Balaban J connectivity index is 1.22. The number of piperazine rings is 1. The van der Waals surface area contributed by atoms with E-state index in [2.05, 4.69) is 20.4 Å². The number of nitriles is 1. The quantitative estimate of drug-likeness (QED) is 0.584. The summed E-state index contributed by atoms with van der Waals surface area (Å²) in [4.78, 5) is 17.2. The molecule has 1 amide bonds. The molecular weight excluding hydrogens is 437 g/mol. The zero-order valence-electron chi connectivity index (χ0n) is 18.8. The van der Waals surface area contributed by atoms with Crippen molar-refractivity contribution in [1.29, 1.82) is 5.26 Å². The van der Waals surface area contributed by atoms with Crippen LogP contribution in [0.5, 0.6) is 0 Å². The van der Waals surface area contributed by atoms with Crippen LogP contribution in [0.25, 0.3) is 5.69 Å². The Morgan fingerprint density at radius 3 is 2.94 bits per heavy atom. The number of amides is 1. The highest BCUT2D eigenvalue weighted by Gasteiger charge is 2.36. The number of halogens is 1. The Hall–Kier alpha value is -3.68.